The van der Waals surface area contributed by atoms with Crippen molar-refractivity contribution in [1.29, 1.82) is 0 Å². The second kappa shape index (κ2) is 4.92. The maximum absolute atomic E-state index is 6.04. The van der Waals surface area contributed by atoms with E-state index >= 15 is 0 Å². The predicted octanol–water partition coefficient (Wildman–Crippen LogP) is 2.88. The molecule has 0 aliphatic carbocycles. The van der Waals surface area contributed by atoms with Gasteiger partial charge in [-0.05, 0) is 37.2 Å². The van der Waals surface area contributed by atoms with Gasteiger partial charge >= 0.3 is 0 Å². The summed E-state index contributed by atoms with van der Waals surface area (Å²) in [4.78, 5) is 0. The van der Waals surface area contributed by atoms with Crippen LogP contribution in [0.15, 0.2) is 24.3 Å². The Kier molecular flexibility index (Phi) is 3.29. The van der Waals surface area contributed by atoms with Gasteiger partial charge in [0, 0.05) is 35.2 Å². The molecule has 0 spiro atoms. The van der Waals surface area contributed by atoms with Gasteiger partial charge in [0.25, 0.3) is 0 Å². The molecule has 3 nitrogen and oxygen atoms in total. The molecule has 0 amide bonds. The van der Waals surface area contributed by atoms with Crippen LogP contribution in [0.4, 0.5) is 0 Å². The van der Waals surface area contributed by atoms with E-state index < -0.39 is 0 Å². The lowest BCUT2D eigenvalue weighted by Crippen LogP contribution is -2.16. The predicted molar refractivity (Wildman–Crippen MR) is 74.1 cm³/mol. The second-order valence-corrected chi connectivity index (χ2v) is 5.17. The zero-order chi connectivity index (χ0) is 12.5. The summed E-state index contributed by atoms with van der Waals surface area (Å²) in [5, 5.41) is 5.32. The van der Waals surface area contributed by atoms with E-state index in [9.17, 15) is 0 Å². The number of rotatable bonds is 1. The average molecular weight is 265 g/mol. The normalized spacial score (nSPS) is 21.1. The number of aryl methyl sites for hydroxylation is 1. The van der Waals surface area contributed by atoms with Crippen molar-refractivity contribution in [2.45, 2.75) is 12.5 Å². The summed E-state index contributed by atoms with van der Waals surface area (Å²) in [6.45, 7) is 2.71. The number of hydrogen-bond acceptors (Lipinski definition) is 2. The van der Waals surface area contributed by atoms with E-state index in [1.54, 1.807) is 0 Å². The smallest absolute Gasteiger partial charge is 0.0987 e. The van der Waals surface area contributed by atoms with Gasteiger partial charge in [0.2, 0.25) is 0 Å². The van der Waals surface area contributed by atoms with Crippen molar-refractivity contribution >= 4 is 22.5 Å². The van der Waals surface area contributed by atoms with E-state index in [2.05, 4.69) is 29.1 Å². The maximum Gasteiger partial charge on any atom is 0.0987 e. The van der Waals surface area contributed by atoms with Crippen LogP contribution in [0.25, 0.3) is 10.9 Å². The van der Waals surface area contributed by atoms with Gasteiger partial charge in [-0.1, -0.05) is 11.6 Å². The molecule has 1 aliphatic heterocycles. The molecule has 0 saturated carbocycles. The first kappa shape index (κ1) is 12.0. The van der Waals surface area contributed by atoms with Gasteiger partial charge in [-0.15, -0.1) is 0 Å². The van der Waals surface area contributed by atoms with Gasteiger partial charge in [-0.2, -0.15) is 0 Å². The number of aromatic nitrogens is 1. The highest BCUT2D eigenvalue weighted by Crippen LogP contribution is 2.29. The molecule has 1 fully saturated rings. The van der Waals surface area contributed by atoms with Gasteiger partial charge in [0.15, 0.2) is 0 Å². The fourth-order valence-electron chi connectivity index (χ4n) is 2.60. The third kappa shape index (κ3) is 2.14. The zero-order valence-corrected chi connectivity index (χ0v) is 11.2. The van der Waals surface area contributed by atoms with Crippen molar-refractivity contribution in [2.75, 3.05) is 19.7 Å². The Morgan fingerprint density at radius 1 is 1.33 bits per heavy atom. The summed E-state index contributed by atoms with van der Waals surface area (Å²) in [7, 11) is 2.09. The highest BCUT2D eigenvalue weighted by atomic mass is 35.5. The number of benzene rings is 1. The Labute approximate surface area is 112 Å². The number of fused-ring (bicyclic) bond motifs is 1. The summed E-state index contributed by atoms with van der Waals surface area (Å²) in [5.74, 6) is 0. The zero-order valence-electron chi connectivity index (χ0n) is 10.4. The molecule has 0 radical (unpaired) electrons. The van der Waals surface area contributed by atoms with Gasteiger partial charge < -0.3 is 14.6 Å². The Hall–Kier alpha value is -1.03. The Bertz CT molecular complexity index is 556. The van der Waals surface area contributed by atoms with E-state index in [1.807, 2.05) is 12.1 Å². The quantitative estimate of drug-likeness (QED) is 0.857. The van der Waals surface area contributed by atoms with Crippen molar-refractivity contribution in [2.24, 2.45) is 7.05 Å². The van der Waals surface area contributed by atoms with Crippen LogP contribution in [-0.4, -0.2) is 24.3 Å². The lowest BCUT2D eigenvalue weighted by atomic mass is 10.1. The van der Waals surface area contributed by atoms with Crippen LogP contribution in [-0.2, 0) is 11.8 Å². The average Bonchev–Trinajstić information content (AvgIpc) is 2.57. The molecular formula is C14H17ClN2O. The van der Waals surface area contributed by atoms with Crippen molar-refractivity contribution in [3.05, 3.63) is 35.0 Å². The number of halogens is 1. The fraction of sp³-hybridized carbons (Fsp3) is 0.429. The Balaban J connectivity index is 2.02. The first-order chi connectivity index (χ1) is 8.75. The van der Waals surface area contributed by atoms with Crippen molar-refractivity contribution in [3.63, 3.8) is 0 Å². The molecule has 1 aliphatic rings. The van der Waals surface area contributed by atoms with Gasteiger partial charge in [-0.3, -0.25) is 0 Å². The molecule has 1 saturated heterocycles. The summed E-state index contributed by atoms with van der Waals surface area (Å²) >= 11 is 6.04. The SMILES string of the molecule is Cn1c(C2CCNCCO2)cc2cc(Cl)ccc21. The van der Waals surface area contributed by atoms with Gasteiger partial charge in [0.1, 0.15) is 0 Å². The van der Waals surface area contributed by atoms with Crippen molar-refractivity contribution < 1.29 is 4.74 Å². The number of ether oxygens (including phenoxy) is 1. The molecule has 18 heavy (non-hydrogen) atoms. The molecule has 4 heteroatoms. The molecule has 1 N–H and O–H groups in total. The standard InChI is InChI=1S/C14H17ClN2O/c1-17-12-3-2-11(15)8-10(12)9-13(17)14-4-5-16-6-7-18-14/h2-3,8-9,14,16H,4-7H2,1H3. The first-order valence-electron chi connectivity index (χ1n) is 6.33. The minimum atomic E-state index is 0.177. The van der Waals surface area contributed by atoms with E-state index in [4.69, 9.17) is 16.3 Å². The Morgan fingerprint density at radius 3 is 3.11 bits per heavy atom. The molecule has 3 rings (SSSR count). The number of nitrogens with one attached hydrogen (secondary N) is 1. The van der Waals surface area contributed by atoms with E-state index in [0.29, 0.717) is 0 Å². The third-order valence-corrected chi connectivity index (χ3v) is 3.79. The van der Waals surface area contributed by atoms with Crippen LogP contribution in [0.2, 0.25) is 5.02 Å². The van der Waals surface area contributed by atoms with Crippen LogP contribution >= 0.6 is 11.6 Å². The second-order valence-electron chi connectivity index (χ2n) is 4.73. The highest BCUT2D eigenvalue weighted by Gasteiger charge is 2.19. The lowest BCUT2D eigenvalue weighted by molar-refractivity contribution is 0.0597. The minimum Gasteiger partial charge on any atom is -0.371 e. The number of nitrogens with zero attached hydrogens (tertiary/aromatic N) is 1. The summed E-state index contributed by atoms with van der Waals surface area (Å²) < 4.78 is 8.12. The van der Waals surface area contributed by atoms with Crippen molar-refractivity contribution in [3.8, 4) is 0 Å². The van der Waals surface area contributed by atoms with E-state index in [0.717, 1.165) is 31.1 Å². The summed E-state index contributed by atoms with van der Waals surface area (Å²) in [6.07, 6.45) is 1.19. The molecule has 2 heterocycles. The van der Waals surface area contributed by atoms with Crippen LogP contribution in [0.3, 0.4) is 0 Å². The Morgan fingerprint density at radius 2 is 2.22 bits per heavy atom. The lowest BCUT2D eigenvalue weighted by Gasteiger charge is -2.15. The molecule has 1 atom stereocenters. The van der Waals surface area contributed by atoms with Crippen LogP contribution in [0.5, 0.6) is 0 Å². The topological polar surface area (TPSA) is 26.2 Å². The molecule has 96 valence electrons. The van der Waals surface area contributed by atoms with Crippen LogP contribution in [0.1, 0.15) is 18.2 Å². The van der Waals surface area contributed by atoms with Crippen molar-refractivity contribution in [1.82, 2.24) is 9.88 Å². The minimum absolute atomic E-state index is 0.177. The van der Waals surface area contributed by atoms with Gasteiger partial charge in [-0.25, -0.2) is 0 Å². The maximum atomic E-state index is 6.04. The molecular weight excluding hydrogens is 248 g/mol. The third-order valence-electron chi connectivity index (χ3n) is 3.55. The number of hydrogen-bond donors (Lipinski definition) is 1. The molecule has 1 unspecified atom stereocenters. The van der Waals surface area contributed by atoms with Crippen LogP contribution in [0, 0.1) is 0 Å². The molecule has 2 aromatic rings. The molecule has 0 bridgehead atoms. The van der Waals surface area contributed by atoms with Crippen LogP contribution < -0.4 is 5.32 Å². The first-order valence-corrected chi connectivity index (χ1v) is 6.71. The van der Waals surface area contributed by atoms with E-state index in [-0.39, 0.29) is 6.10 Å². The fourth-order valence-corrected chi connectivity index (χ4v) is 2.78. The summed E-state index contributed by atoms with van der Waals surface area (Å²) in [6, 6.07) is 8.20. The largest absolute Gasteiger partial charge is 0.371 e. The monoisotopic (exact) mass is 264 g/mol. The highest BCUT2D eigenvalue weighted by molar-refractivity contribution is 6.31. The molecule has 1 aromatic heterocycles. The van der Waals surface area contributed by atoms with Gasteiger partial charge in [0.05, 0.1) is 12.7 Å². The molecule has 1 aromatic carbocycles. The summed E-state index contributed by atoms with van der Waals surface area (Å²) in [5.41, 5.74) is 2.44. The van der Waals surface area contributed by atoms with E-state index in [1.165, 1.54) is 16.6 Å².